The molecule has 2 nitrogen and oxygen atoms in total. The number of hydrogen-bond acceptors (Lipinski definition) is 2. The maximum Gasteiger partial charge on any atom is 0.119 e. The molecular weight excluding hydrogens is 152 g/mol. The molecule has 1 unspecified atom stereocenters. The Hall–Kier alpha value is -1.02. The third-order valence-electron chi connectivity index (χ3n) is 1.48. The molecule has 1 rings (SSSR count). The summed E-state index contributed by atoms with van der Waals surface area (Å²) in [5.74, 6) is 0.891. The standard InChI is InChI=1S/C10H14O2/c1-9(8-11-2)12-10-6-4-3-5-7-10/h3-7,9H,8H2,1-2H3. The molecule has 1 atom stereocenters. The molecule has 66 valence electrons. The van der Waals surface area contributed by atoms with Crippen LogP contribution in [0.25, 0.3) is 0 Å². The van der Waals surface area contributed by atoms with Gasteiger partial charge in [0.2, 0.25) is 0 Å². The second-order valence-electron chi connectivity index (χ2n) is 2.70. The Morgan fingerprint density at radius 2 is 1.92 bits per heavy atom. The van der Waals surface area contributed by atoms with Gasteiger partial charge in [-0.05, 0) is 19.1 Å². The maximum atomic E-state index is 5.53. The van der Waals surface area contributed by atoms with E-state index in [0.717, 1.165) is 5.75 Å². The van der Waals surface area contributed by atoms with Crippen LogP contribution in [-0.2, 0) is 4.74 Å². The quantitative estimate of drug-likeness (QED) is 0.682. The van der Waals surface area contributed by atoms with Crippen LogP contribution in [-0.4, -0.2) is 19.8 Å². The predicted octanol–water partition coefficient (Wildman–Crippen LogP) is 2.10. The second kappa shape index (κ2) is 4.78. The average Bonchev–Trinajstić information content (AvgIpc) is 2.06. The van der Waals surface area contributed by atoms with Gasteiger partial charge in [0.25, 0.3) is 0 Å². The van der Waals surface area contributed by atoms with Gasteiger partial charge in [0.05, 0.1) is 6.61 Å². The van der Waals surface area contributed by atoms with E-state index < -0.39 is 0 Å². The van der Waals surface area contributed by atoms with Crippen LogP contribution >= 0.6 is 0 Å². The van der Waals surface area contributed by atoms with Gasteiger partial charge in [0, 0.05) is 7.11 Å². The van der Waals surface area contributed by atoms with E-state index in [-0.39, 0.29) is 6.10 Å². The summed E-state index contributed by atoms with van der Waals surface area (Å²) in [4.78, 5) is 0. The lowest BCUT2D eigenvalue weighted by molar-refractivity contribution is 0.0921. The second-order valence-corrected chi connectivity index (χ2v) is 2.70. The SMILES string of the molecule is COCC(C)Oc1ccccc1. The van der Waals surface area contributed by atoms with Gasteiger partial charge >= 0.3 is 0 Å². The van der Waals surface area contributed by atoms with E-state index in [9.17, 15) is 0 Å². The minimum atomic E-state index is 0.109. The molecule has 0 saturated heterocycles. The van der Waals surface area contributed by atoms with Crippen LogP contribution in [0.5, 0.6) is 5.75 Å². The van der Waals surface area contributed by atoms with Gasteiger partial charge in [0.15, 0.2) is 0 Å². The van der Waals surface area contributed by atoms with Crippen LogP contribution in [0, 0.1) is 0 Å². The lowest BCUT2D eigenvalue weighted by Gasteiger charge is -2.12. The Labute approximate surface area is 73.1 Å². The van der Waals surface area contributed by atoms with Crippen molar-refractivity contribution in [1.82, 2.24) is 0 Å². The number of ether oxygens (including phenoxy) is 2. The molecule has 0 fully saturated rings. The molecule has 0 aliphatic heterocycles. The summed E-state index contributed by atoms with van der Waals surface area (Å²) in [5, 5.41) is 0. The molecule has 0 aliphatic carbocycles. The van der Waals surface area contributed by atoms with Crippen molar-refractivity contribution in [1.29, 1.82) is 0 Å². The third-order valence-corrected chi connectivity index (χ3v) is 1.48. The van der Waals surface area contributed by atoms with Crippen molar-refractivity contribution in [3.05, 3.63) is 30.3 Å². The zero-order chi connectivity index (χ0) is 8.81. The zero-order valence-electron chi connectivity index (χ0n) is 7.49. The molecule has 0 heterocycles. The summed E-state index contributed by atoms with van der Waals surface area (Å²) in [6, 6.07) is 9.75. The van der Waals surface area contributed by atoms with Gasteiger partial charge < -0.3 is 9.47 Å². The van der Waals surface area contributed by atoms with Gasteiger partial charge in [-0.3, -0.25) is 0 Å². The monoisotopic (exact) mass is 166 g/mol. The highest BCUT2D eigenvalue weighted by molar-refractivity contribution is 5.21. The van der Waals surface area contributed by atoms with Crippen LogP contribution in [0.2, 0.25) is 0 Å². The van der Waals surface area contributed by atoms with E-state index in [4.69, 9.17) is 9.47 Å². The normalized spacial score (nSPS) is 12.5. The topological polar surface area (TPSA) is 18.5 Å². The predicted molar refractivity (Wildman–Crippen MR) is 48.4 cm³/mol. The third kappa shape index (κ3) is 2.93. The molecule has 0 bridgehead atoms. The first kappa shape index (κ1) is 9.07. The Morgan fingerprint density at radius 3 is 2.50 bits per heavy atom. The summed E-state index contributed by atoms with van der Waals surface area (Å²) in [5.41, 5.74) is 0. The molecule has 0 aromatic heterocycles. The fourth-order valence-corrected chi connectivity index (χ4v) is 1.00. The van der Waals surface area contributed by atoms with E-state index in [2.05, 4.69) is 0 Å². The van der Waals surface area contributed by atoms with E-state index >= 15 is 0 Å². The first-order valence-electron chi connectivity index (χ1n) is 4.03. The minimum absolute atomic E-state index is 0.109. The zero-order valence-corrected chi connectivity index (χ0v) is 7.49. The van der Waals surface area contributed by atoms with Crippen LogP contribution in [0.4, 0.5) is 0 Å². The summed E-state index contributed by atoms with van der Waals surface area (Å²) < 4.78 is 10.5. The molecule has 0 aliphatic rings. The minimum Gasteiger partial charge on any atom is -0.488 e. The highest BCUT2D eigenvalue weighted by Crippen LogP contribution is 2.10. The maximum absolute atomic E-state index is 5.53. The smallest absolute Gasteiger partial charge is 0.119 e. The van der Waals surface area contributed by atoms with Crippen LogP contribution in [0.15, 0.2) is 30.3 Å². The number of benzene rings is 1. The van der Waals surface area contributed by atoms with E-state index in [1.807, 2.05) is 37.3 Å². The highest BCUT2D eigenvalue weighted by Gasteiger charge is 2.01. The molecule has 2 heteroatoms. The fraction of sp³-hybridized carbons (Fsp3) is 0.400. The molecule has 0 radical (unpaired) electrons. The van der Waals surface area contributed by atoms with Crippen molar-refractivity contribution in [2.45, 2.75) is 13.0 Å². The number of rotatable bonds is 4. The average molecular weight is 166 g/mol. The number of methoxy groups -OCH3 is 1. The molecule has 0 saturated carbocycles. The lowest BCUT2D eigenvalue weighted by Crippen LogP contribution is -2.17. The van der Waals surface area contributed by atoms with Gasteiger partial charge in [-0.15, -0.1) is 0 Å². The molecule has 1 aromatic carbocycles. The van der Waals surface area contributed by atoms with Crippen LogP contribution < -0.4 is 4.74 Å². The Balaban J connectivity index is 2.41. The Bertz CT molecular complexity index is 208. The molecule has 12 heavy (non-hydrogen) atoms. The van der Waals surface area contributed by atoms with Crippen molar-refractivity contribution < 1.29 is 9.47 Å². The van der Waals surface area contributed by atoms with Gasteiger partial charge in [-0.2, -0.15) is 0 Å². The van der Waals surface area contributed by atoms with Gasteiger partial charge in [-0.25, -0.2) is 0 Å². The number of para-hydroxylation sites is 1. The van der Waals surface area contributed by atoms with E-state index in [1.165, 1.54) is 0 Å². The molecule has 0 amide bonds. The lowest BCUT2D eigenvalue weighted by atomic mass is 10.3. The van der Waals surface area contributed by atoms with Crippen molar-refractivity contribution in [2.24, 2.45) is 0 Å². The fourth-order valence-electron chi connectivity index (χ4n) is 1.00. The van der Waals surface area contributed by atoms with Crippen molar-refractivity contribution in [3.63, 3.8) is 0 Å². The summed E-state index contributed by atoms with van der Waals surface area (Å²) in [6.45, 7) is 2.60. The molecular formula is C10H14O2. The Kier molecular flexibility index (Phi) is 3.61. The van der Waals surface area contributed by atoms with Gasteiger partial charge in [-0.1, -0.05) is 18.2 Å². The highest BCUT2D eigenvalue weighted by atomic mass is 16.5. The van der Waals surface area contributed by atoms with Crippen molar-refractivity contribution >= 4 is 0 Å². The first-order chi connectivity index (χ1) is 5.83. The molecule has 0 spiro atoms. The summed E-state index contributed by atoms with van der Waals surface area (Å²) >= 11 is 0. The molecule has 1 aromatic rings. The van der Waals surface area contributed by atoms with Crippen molar-refractivity contribution in [3.8, 4) is 5.75 Å². The van der Waals surface area contributed by atoms with Crippen molar-refractivity contribution in [2.75, 3.05) is 13.7 Å². The summed E-state index contributed by atoms with van der Waals surface area (Å²) in [6.07, 6.45) is 0.109. The molecule has 0 N–H and O–H groups in total. The van der Waals surface area contributed by atoms with E-state index in [1.54, 1.807) is 7.11 Å². The van der Waals surface area contributed by atoms with Crippen LogP contribution in [0.1, 0.15) is 6.92 Å². The summed E-state index contributed by atoms with van der Waals surface area (Å²) in [7, 11) is 1.67. The van der Waals surface area contributed by atoms with Crippen LogP contribution in [0.3, 0.4) is 0 Å². The van der Waals surface area contributed by atoms with E-state index in [0.29, 0.717) is 6.61 Å². The van der Waals surface area contributed by atoms with Gasteiger partial charge in [0.1, 0.15) is 11.9 Å². The largest absolute Gasteiger partial charge is 0.488 e. The number of hydrogen-bond donors (Lipinski definition) is 0. The Morgan fingerprint density at radius 1 is 1.25 bits per heavy atom. The first-order valence-corrected chi connectivity index (χ1v) is 4.03.